The molecule has 2 rings (SSSR count). The van der Waals surface area contributed by atoms with Crippen LogP contribution in [0.2, 0.25) is 0 Å². The fourth-order valence-corrected chi connectivity index (χ4v) is 1.30. The number of fused-ring (bicyclic) bond motifs is 1. The first-order valence-electron chi connectivity index (χ1n) is 4.53. The lowest BCUT2D eigenvalue weighted by molar-refractivity contribution is 0.0175. The van der Waals surface area contributed by atoms with Crippen LogP contribution >= 0.6 is 0 Å². The fraction of sp³-hybridized carbons (Fsp3) is 0.400. The van der Waals surface area contributed by atoms with E-state index in [1.807, 2.05) is 13.8 Å². The Morgan fingerprint density at radius 3 is 3.00 bits per heavy atom. The minimum absolute atomic E-state index is 0.0926. The van der Waals surface area contributed by atoms with Crippen molar-refractivity contribution < 1.29 is 19.4 Å². The van der Waals surface area contributed by atoms with Gasteiger partial charge in [0.1, 0.15) is 12.2 Å². The van der Waals surface area contributed by atoms with Gasteiger partial charge in [0.15, 0.2) is 5.75 Å². The van der Waals surface area contributed by atoms with Crippen LogP contribution in [0.3, 0.4) is 0 Å². The number of carbonyl (C=O) groups is 1. The van der Waals surface area contributed by atoms with Crippen LogP contribution in [0.1, 0.15) is 24.2 Å². The van der Waals surface area contributed by atoms with Crippen molar-refractivity contribution in [2.24, 2.45) is 0 Å². The summed E-state index contributed by atoms with van der Waals surface area (Å²) in [5.74, 6) is -0.303. The number of hydrogen-bond acceptors (Lipinski definition) is 4. The summed E-state index contributed by atoms with van der Waals surface area (Å²) in [5.41, 5.74) is -0.360. The average molecular weight is 209 g/mol. The van der Waals surface area contributed by atoms with Crippen LogP contribution < -0.4 is 9.47 Å². The summed E-state index contributed by atoms with van der Waals surface area (Å²) in [5, 5.41) is 8.78. The molecule has 1 aromatic rings. The average Bonchev–Trinajstić information content (AvgIpc) is 2.15. The van der Waals surface area contributed by atoms with E-state index in [-0.39, 0.29) is 5.56 Å². The highest BCUT2D eigenvalue weighted by atomic mass is 16.6. The number of pyridine rings is 1. The van der Waals surface area contributed by atoms with E-state index in [0.29, 0.717) is 18.2 Å². The minimum Gasteiger partial charge on any atom is -0.479 e. The molecule has 1 N–H and O–H groups in total. The molecule has 1 aromatic heterocycles. The van der Waals surface area contributed by atoms with E-state index in [4.69, 9.17) is 14.6 Å². The SMILES string of the molecule is CC1(C)COc2ncc(C(=O)O)cc2O1. The lowest BCUT2D eigenvalue weighted by Crippen LogP contribution is -2.39. The number of carboxylic acid groups (broad SMARTS) is 1. The molecular weight excluding hydrogens is 198 g/mol. The van der Waals surface area contributed by atoms with Crippen LogP contribution in [0.15, 0.2) is 12.3 Å². The molecule has 0 atom stereocenters. The third kappa shape index (κ3) is 1.86. The second-order valence-electron chi connectivity index (χ2n) is 3.98. The lowest BCUT2D eigenvalue weighted by atomic mass is 10.1. The van der Waals surface area contributed by atoms with E-state index in [1.54, 1.807) is 0 Å². The van der Waals surface area contributed by atoms with Crippen molar-refractivity contribution in [3.63, 3.8) is 0 Å². The maximum atomic E-state index is 10.7. The van der Waals surface area contributed by atoms with Crippen molar-refractivity contribution in [2.45, 2.75) is 19.4 Å². The largest absolute Gasteiger partial charge is 0.479 e. The smallest absolute Gasteiger partial charge is 0.337 e. The van der Waals surface area contributed by atoms with E-state index >= 15 is 0 Å². The Kier molecular flexibility index (Phi) is 2.03. The van der Waals surface area contributed by atoms with Gasteiger partial charge in [-0.3, -0.25) is 0 Å². The Balaban J connectivity index is 2.39. The zero-order valence-electron chi connectivity index (χ0n) is 8.48. The van der Waals surface area contributed by atoms with Crippen molar-refractivity contribution in [3.05, 3.63) is 17.8 Å². The van der Waals surface area contributed by atoms with E-state index < -0.39 is 11.6 Å². The van der Waals surface area contributed by atoms with Crippen molar-refractivity contribution in [2.75, 3.05) is 6.61 Å². The Hall–Kier alpha value is -1.78. The summed E-state index contributed by atoms with van der Waals surface area (Å²) in [6, 6.07) is 1.42. The van der Waals surface area contributed by atoms with E-state index in [2.05, 4.69) is 4.98 Å². The summed E-state index contributed by atoms with van der Waals surface area (Å²) in [6.07, 6.45) is 1.25. The molecule has 0 saturated heterocycles. The lowest BCUT2D eigenvalue weighted by Gasteiger charge is -2.31. The number of rotatable bonds is 1. The molecule has 0 saturated carbocycles. The molecule has 2 heterocycles. The van der Waals surface area contributed by atoms with Crippen LogP contribution in [0.25, 0.3) is 0 Å². The van der Waals surface area contributed by atoms with Gasteiger partial charge in [0, 0.05) is 12.3 Å². The molecule has 0 aliphatic carbocycles. The van der Waals surface area contributed by atoms with Gasteiger partial charge in [0.25, 0.3) is 5.88 Å². The highest BCUT2D eigenvalue weighted by Crippen LogP contribution is 2.33. The summed E-state index contributed by atoms with van der Waals surface area (Å²) in [6.45, 7) is 4.13. The van der Waals surface area contributed by atoms with Crippen LogP contribution in [0, 0.1) is 0 Å². The van der Waals surface area contributed by atoms with Gasteiger partial charge in [0.2, 0.25) is 0 Å². The third-order valence-corrected chi connectivity index (χ3v) is 2.01. The van der Waals surface area contributed by atoms with E-state index in [1.165, 1.54) is 12.3 Å². The molecule has 0 spiro atoms. The molecule has 0 unspecified atom stereocenters. The zero-order chi connectivity index (χ0) is 11.1. The van der Waals surface area contributed by atoms with Crippen LogP contribution in [0.4, 0.5) is 0 Å². The summed E-state index contributed by atoms with van der Waals surface area (Å²) >= 11 is 0. The molecular formula is C10H11NO4. The quantitative estimate of drug-likeness (QED) is 0.755. The summed E-state index contributed by atoms with van der Waals surface area (Å²) in [7, 11) is 0. The van der Waals surface area contributed by atoms with Gasteiger partial charge in [0.05, 0.1) is 5.56 Å². The van der Waals surface area contributed by atoms with Crippen molar-refractivity contribution in [1.82, 2.24) is 4.98 Å². The number of aromatic nitrogens is 1. The standard InChI is InChI=1S/C10H11NO4/c1-10(2)5-14-8-7(15-10)3-6(4-11-8)9(12)13/h3-4H,5H2,1-2H3,(H,12,13). The Morgan fingerprint density at radius 1 is 1.60 bits per heavy atom. The van der Waals surface area contributed by atoms with E-state index in [0.717, 1.165) is 0 Å². The molecule has 0 amide bonds. The van der Waals surface area contributed by atoms with Crippen molar-refractivity contribution >= 4 is 5.97 Å². The van der Waals surface area contributed by atoms with Gasteiger partial charge in [-0.05, 0) is 13.8 Å². The van der Waals surface area contributed by atoms with Crippen molar-refractivity contribution in [3.8, 4) is 11.6 Å². The van der Waals surface area contributed by atoms with Gasteiger partial charge in [-0.15, -0.1) is 0 Å². The number of ether oxygens (including phenoxy) is 2. The fourth-order valence-electron chi connectivity index (χ4n) is 1.30. The minimum atomic E-state index is -1.03. The van der Waals surface area contributed by atoms with Gasteiger partial charge in [-0.1, -0.05) is 0 Å². The Labute approximate surface area is 86.7 Å². The molecule has 1 aliphatic rings. The molecule has 15 heavy (non-hydrogen) atoms. The summed E-state index contributed by atoms with van der Waals surface area (Å²) < 4.78 is 10.9. The molecule has 0 radical (unpaired) electrons. The second-order valence-corrected chi connectivity index (χ2v) is 3.98. The van der Waals surface area contributed by atoms with Gasteiger partial charge in [-0.2, -0.15) is 0 Å². The molecule has 0 fully saturated rings. The molecule has 5 heteroatoms. The van der Waals surface area contributed by atoms with Gasteiger partial charge in [-0.25, -0.2) is 9.78 Å². The van der Waals surface area contributed by atoms with Gasteiger partial charge < -0.3 is 14.6 Å². The third-order valence-electron chi connectivity index (χ3n) is 2.01. The first-order valence-corrected chi connectivity index (χ1v) is 4.53. The topological polar surface area (TPSA) is 68.7 Å². The molecule has 1 aliphatic heterocycles. The second kappa shape index (κ2) is 3.12. The van der Waals surface area contributed by atoms with Gasteiger partial charge >= 0.3 is 5.97 Å². The Bertz CT molecular complexity index is 414. The van der Waals surface area contributed by atoms with E-state index in [9.17, 15) is 4.79 Å². The predicted octanol–water partition coefficient (Wildman–Crippen LogP) is 1.33. The number of aromatic carboxylic acids is 1. The monoisotopic (exact) mass is 209 g/mol. The molecule has 0 bridgehead atoms. The molecule has 80 valence electrons. The van der Waals surface area contributed by atoms with Crippen LogP contribution in [-0.4, -0.2) is 28.3 Å². The highest BCUT2D eigenvalue weighted by Gasteiger charge is 2.29. The summed E-state index contributed by atoms with van der Waals surface area (Å²) in [4.78, 5) is 14.6. The Morgan fingerprint density at radius 2 is 2.33 bits per heavy atom. The maximum absolute atomic E-state index is 10.7. The normalized spacial score (nSPS) is 17.2. The highest BCUT2D eigenvalue weighted by molar-refractivity contribution is 5.87. The molecule has 5 nitrogen and oxygen atoms in total. The van der Waals surface area contributed by atoms with Crippen LogP contribution in [0.5, 0.6) is 11.6 Å². The number of carboxylic acids is 1. The predicted molar refractivity (Wildman–Crippen MR) is 51.4 cm³/mol. The number of hydrogen-bond donors (Lipinski definition) is 1. The number of nitrogens with zero attached hydrogens (tertiary/aromatic N) is 1. The first kappa shape index (κ1) is 9.76. The first-order chi connectivity index (χ1) is 6.98. The molecule has 0 aromatic carbocycles. The maximum Gasteiger partial charge on any atom is 0.337 e. The van der Waals surface area contributed by atoms with Crippen molar-refractivity contribution in [1.29, 1.82) is 0 Å². The zero-order valence-corrected chi connectivity index (χ0v) is 8.48. The van der Waals surface area contributed by atoms with Crippen LogP contribution in [-0.2, 0) is 0 Å².